The number of anilines is 1. The Balaban J connectivity index is 1.46. The van der Waals surface area contributed by atoms with Crippen LogP contribution in [0.25, 0.3) is 0 Å². The summed E-state index contributed by atoms with van der Waals surface area (Å²) < 4.78 is 10.5. The summed E-state index contributed by atoms with van der Waals surface area (Å²) in [6, 6.07) is 8.75. The third-order valence-corrected chi connectivity index (χ3v) is 5.35. The molecule has 2 N–H and O–H groups in total. The molecular weight excluding hydrogens is 406 g/mol. The molecule has 30 heavy (non-hydrogen) atoms. The summed E-state index contributed by atoms with van der Waals surface area (Å²) in [6.45, 7) is 5.52. The summed E-state index contributed by atoms with van der Waals surface area (Å²) in [7, 11) is 0. The summed E-state index contributed by atoms with van der Waals surface area (Å²) >= 11 is 1.31. The number of rotatable bonds is 7. The van der Waals surface area contributed by atoms with Crippen molar-refractivity contribution in [1.82, 2.24) is 10.3 Å². The van der Waals surface area contributed by atoms with Crippen molar-refractivity contribution in [2.45, 2.75) is 51.9 Å². The standard InChI is InChI=1S/C21H25N3O5S/c1-21(2,3)29-20(27)24-19-22-11-14(30-19)9-10-15-16(23-17(15)25)18(26)28-12-13-7-5-4-6-8-13/h4-8,11,15-16H,9-10,12H2,1-3H3,(H,23,25)(H,22,24,27)/t15-,16+/m1/s1. The third-order valence-electron chi connectivity index (χ3n) is 4.38. The lowest BCUT2D eigenvalue weighted by Gasteiger charge is -2.34. The summed E-state index contributed by atoms with van der Waals surface area (Å²) in [5.74, 6) is -1.02. The van der Waals surface area contributed by atoms with Gasteiger partial charge in [0.25, 0.3) is 0 Å². The lowest BCUT2D eigenvalue weighted by Crippen LogP contribution is -2.62. The molecular formula is C21H25N3O5S. The van der Waals surface area contributed by atoms with E-state index in [2.05, 4.69) is 15.6 Å². The van der Waals surface area contributed by atoms with Gasteiger partial charge in [-0.2, -0.15) is 0 Å². The Morgan fingerprint density at radius 1 is 1.23 bits per heavy atom. The first kappa shape index (κ1) is 21.8. The molecule has 0 bridgehead atoms. The number of nitrogens with one attached hydrogen (secondary N) is 2. The Labute approximate surface area is 179 Å². The minimum atomic E-state index is -0.631. The second-order valence-electron chi connectivity index (χ2n) is 7.98. The number of esters is 1. The predicted molar refractivity (Wildman–Crippen MR) is 112 cm³/mol. The Morgan fingerprint density at radius 2 is 1.97 bits per heavy atom. The molecule has 8 nitrogen and oxygen atoms in total. The van der Waals surface area contributed by atoms with E-state index in [0.29, 0.717) is 18.0 Å². The number of aryl methyl sites for hydroxylation is 1. The minimum Gasteiger partial charge on any atom is -0.459 e. The SMILES string of the molecule is CC(C)(C)OC(=O)Nc1ncc(CC[C@H]2C(=O)N[C@@H]2C(=O)OCc2ccccc2)s1. The van der Waals surface area contributed by atoms with Gasteiger partial charge in [0.2, 0.25) is 5.91 Å². The van der Waals surface area contributed by atoms with Crippen molar-refractivity contribution >= 4 is 34.4 Å². The number of carbonyl (C=O) groups is 3. The highest BCUT2D eigenvalue weighted by Crippen LogP contribution is 2.26. The highest BCUT2D eigenvalue weighted by atomic mass is 32.1. The molecule has 1 aromatic carbocycles. The fourth-order valence-electron chi connectivity index (χ4n) is 2.93. The Kier molecular flexibility index (Phi) is 6.71. The quantitative estimate of drug-likeness (QED) is 0.515. The lowest BCUT2D eigenvalue weighted by atomic mass is 9.86. The van der Waals surface area contributed by atoms with Crippen LogP contribution in [-0.4, -0.2) is 34.6 Å². The Bertz CT molecular complexity index is 907. The zero-order chi connectivity index (χ0) is 21.7. The van der Waals surface area contributed by atoms with Gasteiger partial charge in [-0.3, -0.25) is 10.1 Å². The highest BCUT2D eigenvalue weighted by Gasteiger charge is 2.44. The van der Waals surface area contributed by atoms with Gasteiger partial charge in [-0.25, -0.2) is 14.6 Å². The third kappa shape index (κ3) is 6.03. The van der Waals surface area contributed by atoms with Crippen molar-refractivity contribution in [2.24, 2.45) is 5.92 Å². The van der Waals surface area contributed by atoms with E-state index in [9.17, 15) is 14.4 Å². The monoisotopic (exact) mass is 431 g/mol. The Hall–Kier alpha value is -2.94. The Morgan fingerprint density at radius 3 is 2.63 bits per heavy atom. The highest BCUT2D eigenvalue weighted by molar-refractivity contribution is 7.15. The number of benzene rings is 1. The second-order valence-corrected chi connectivity index (χ2v) is 9.10. The number of nitrogens with zero attached hydrogens (tertiary/aromatic N) is 1. The van der Waals surface area contributed by atoms with E-state index in [-0.39, 0.29) is 12.5 Å². The molecule has 160 valence electrons. The summed E-state index contributed by atoms with van der Waals surface area (Å²) in [5.41, 5.74) is 0.300. The van der Waals surface area contributed by atoms with Crippen LogP contribution in [0, 0.1) is 5.92 Å². The number of thiazole rings is 1. The molecule has 3 rings (SSSR count). The number of aromatic nitrogens is 1. The maximum Gasteiger partial charge on any atom is 0.413 e. The molecule has 0 spiro atoms. The molecule has 2 heterocycles. The van der Waals surface area contributed by atoms with Gasteiger partial charge in [0.05, 0.1) is 5.92 Å². The average molecular weight is 432 g/mol. The number of ether oxygens (including phenoxy) is 2. The largest absolute Gasteiger partial charge is 0.459 e. The van der Waals surface area contributed by atoms with Crippen LogP contribution >= 0.6 is 11.3 Å². The van der Waals surface area contributed by atoms with E-state index < -0.39 is 29.6 Å². The van der Waals surface area contributed by atoms with Crippen molar-refractivity contribution in [3.05, 3.63) is 47.0 Å². The normalized spacial score (nSPS) is 18.2. The second kappa shape index (κ2) is 9.25. The van der Waals surface area contributed by atoms with Crippen LogP contribution in [0.3, 0.4) is 0 Å². The molecule has 2 aromatic rings. The van der Waals surface area contributed by atoms with Crippen LogP contribution in [0.15, 0.2) is 36.5 Å². The number of carbonyl (C=O) groups excluding carboxylic acids is 3. The van der Waals surface area contributed by atoms with Crippen molar-refractivity contribution in [2.75, 3.05) is 5.32 Å². The molecule has 9 heteroatoms. The minimum absolute atomic E-state index is 0.159. The fourth-order valence-corrected chi connectivity index (χ4v) is 3.74. The summed E-state index contributed by atoms with van der Waals surface area (Å²) in [6.07, 6.45) is 2.14. The van der Waals surface area contributed by atoms with Gasteiger partial charge in [-0.1, -0.05) is 30.3 Å². The van der Waals surface area contributed by atoms with Crippen molar-refractivity contribution in [1.29, 1.82) is 0 Å². The van der Waals surface area contributed by atoms with Gasteiger partial charge in [-0.05, 0) is 39.2 Å². The maximum atomic E-state index is 12.3. The van der Waals surface area contributed by atoms with E-state index in [1.54, 1.807) is 27.0 Å². The molecule has 0 unspecified atom stereocenters. The van der Waals surface area contributed by atoms with Gasteiger partial charge >= 0.3 is 12.1 Å². The molecule has 1 saturated heterocycles. The van der Waals surface area contributed by atoms with Crippen LogP contribution < -0.4 is 10.6 Å². The van der Waals surface area contributed by atoms with Crippen LogP contribution in [0.1, 0.15) is 37.6 Å². The zero-order valence-corrected chi connectivity index (χ0v) is 18.0. The van der Waals surface area contributed by atoms with Crippen LogP contribution in [0.2, 0.25) is 0 Å². The van der Waals surface area contributed by atoms with E-state index in [1.807, 2.05) is 30.3 Å². The average Bonchev–Trinajstić information content (AvgIpc) is 3.10. The number of β-lactam (4-membered cyclic amide) rings is 1. The molecule has 1 aliphatic heterocycles. The van der Waals surface area contributed by atoms with E-state index in [4.69, 9.17) is 9.47 Å². The number of hydrogen-bond donors (Lipinski definition) is 2. The smallest absolute Gasteiger partial charge is 0.413 e. The zero-order valence-electron chi connectivity index (χ0n) is 17.1. The summed E-state index contributed by atoms with van der Waals surface area (Å²) in [4.78, 5) is 41.1. The first-order valence-electron chi connectivity index (χ1n) is 9.67. The summed E-state index contributed by atoms with van der Waals surface area (Å²) in [5, 5.41) is 5.64. The van der Waals surface area contributed by atoms with Gasteiger partial charge < -0.3 is 14.8 Å². The fraction of sp³-hybridized carbons (Fsp3) is 0.429. The lowest BCUT2D eigenvalue weighted by molar-refractivity contribution is -0.159. The van der Waals surface area contributed by atoms with Crippen molar-refractivity contribution in [3.63, 3.8) is 0 Å². The number of amides is 2. The topological polar surface area (TPSA) is 107 Å². The van der Waals surface area contributed by atoms with Crippen LogP contribution in [-0.2, 0) is 32.1 Å². The van der Waals surface area contributed by atoms with Crippen LogP contribution in [0.5, 0.6) is 0 Å². The number of hydrogen-bond acceptors (Lipinski definition) is 7. The molecule has 1 aliphatic rings. The molecule has 0 radical (unpaired) electrons. The van der Waals surface area contributed by atoms with E-state index in [0.717, 1.165) is 10.4 Å². The van der Waals surface area contributed by atoms with E-state index in [1.165, 1.54) is 11.3 Å². The van der Waals surface area contributed by atoms with Gasteiger partial charge in [-0.15, -0.1) is 11.3 Å². The molecule has 1 aromatic heterocycles. The first-order valence-corrected chi connectivity index (χ1v) is 10.5. The molecule has 2 amide bonds. The van der Waals surface area contributed by atoms with E-state index >= 15 is 0 Å². The maximum absolute atomic E-state index is 12.3. The van der Waals surface area contributed by atoms with Crippen LogP contribution in [0.4, 0.5) is 9.93 Å². The predicted octanol–water partition coefficient (Wildman–Crippen LogP) is 3.28. The van der Waals surface area contributed by atoms with Gasteiger partial charge in [0.1, 0.15) is 18.2 Å². The molecule has 0 aliphatic carbocycles. The molecule has 1 fully saturated rings. The van der Waals surface area contributed by atoms with Crippen molar-refractivity contribution in [3.8, 4) is 0 Å². The molecule has 0 saturated carbocycles. The van der Waals surface area contributed by atoms with Gasteiger partial charge in [0.15, 0.2) is 5.13 Å². The van der Waals surface area contributed by atoms with Gasteiger partial charge in [0, 0.05) is 11.1 Å². The molecule has 2 atom stereocenters. The first-order chi connectivity index (χ1) is 14.2. The van der Waals surface area contributed by atoms with Crippen molar-refractivity contribution < 1.29 is 23.9 Å².